The Labute approximate surface area is 151 Å². The predicted molar refractivity (Wildman–Crippen MR) is 101 cm³/mol. The van der Waals surface area contributed by atoms with E-state index in [2.05, 4.69) is 17.3 Å². The zero-order chi connectivity index (χ0) is 18.4. The maximum atomic E-state index is 12.5. The lowest BCUT2D eigenvalue weighted by atomic mass is 9.94. The molecule has 1 saturated heterocycles. The summed E-state index contributed by atoms with van der Waals surface area (Å²) in [6, 6.07) is 7.95. The Balaban J connectivity index is 1.92. The molecular weight excluding hydrogens is 338 g/mol. The Bertz CT molecular complexity index is 655. The maximum absolute atomic E-state index is 12.5. The summed E-state index contributed by atoms with van der Waals surface area (Å²) >= 11 is 0. The standard InChI is InChI=1S/C18H29N3O3S/c1-15(21(25(3,23)24)17-7-5-4-6-8-17)18(22)19-12-9-16-10-13-20(2)14-11-16/h4-8,15-16H,9-14H2,1-3H3,(H,19,22)/t15-/m1/s1. The van der Waals surface area contributed by atoms with Crippen molar-refractivity contribution in [1.82, 2.24) is 10.2 Å². The van der Waals surface area contributed by atoms with Crippen LogP contribution in [0.25, 0.3) is 0 Å². The number of amides is 1. The van der Waals surface area contributed by atoms with Crippen molar-refractivity contribution in [2.24, 2.45) is 5.92 Å². The third-order valence-electron chi connectivity index (χ3n) is 4.79. The van der Waals surface area contributed by atoms with Crippen molar-refractivity contribution < 1.29 is 13.2 Å². The molecule has 0 radical (unpaired) electrons. The molecule has 0 saturated carbocycles. The fraction of sp³-hybridized carbons (Fsp3) is 0.611. The van der Waals surface area contributed by atoms with Crippen molar-refractivity contribution >= 4 is 21.6 Å². The molecule has 1 fully saturated rings. The summed E-state index contributed by atoms with van der Waals surface area (Å²) in [6.07, 6.45) is 4.38. The first-order valence-corrected chi connectivity index (χ1v) is 10.6. The van der Waals surface area contributed by atoms with E-state index >= 15 is 0 Å². The van der Waals surface area contributed by atoms with E-state index in [0.29, 0.717) is 18.2 Å². The van der Waals surface area contributed by atoms with Crippen LogP contribution in [0.4, 0.5) is 5.69 Å². The SMILES string of the molecule is C[C@H](C(=O)NCCC1CCN(C)CC1)N(c1ccccc1)S(C)(=O)=O. The summed E-state index contributed by atoms with van der Waals surface area (Å²) in [5.74, 6) is 0.370. The van der Waals surface area contributed by atoms with Crippen LogP contribution in [0.5, 0.6) is 0 Å². The number of nitrogens with one attached hydrogen (secondary N) is 1. The Morgan fingerprint density at radius 2 is 1.88 bits per heavy atom. The molecule has 0 bridgehead atoms. The number of carbonyl (C=O) groups excluding carboxylic acids is 1. The average molecular weight is 368 g/mol. The molecule has 2 rings (SSSR count). The molecule has 1 N–H and O–H groups in total. The molecule has 25 heavy (non-hydrogen) atoms. The second kappa shape index (κ2) is 8.67. The van der Waals surface area contributed by atoms with E-state index < -0.39 is 16.1 Å². The van der Waals surface area contributed by atoms with Gasteiger partial charge in [0.15, 0.2) is 0 Å². The normalized spacial score (nSPS) is 17.9. The van der Waals surface area contributed by atoms with Crippen LogP contribution < -0.4 is 9.62 Å². The van der Waals surface area contributed by atoms with Gasteiger partial charge in [-0.25, -0.2) is 8.42 Å². The van der Waals surface area contributed by atoms with E-state index in [1.54, 1.807) is 31.2 Å². The smallest absolute Gasteiger partial charge is 0.243 e. The fourth-order valence-corrected chi connectivity index (χ4v) is 4.46. The molecule has 1 amide bonds. The number of benzene rings is 1. The molecule has 0 spiro atoms. The summed E-state index contributed by atoms with van der Waals surface area (Å²) in [7, 11) is -1.42. The van der Waals surface area contributed by atoms with Crippen molar-refractivity contribution in [2.75, 3.05) is 37.2 Å². The van der Waals surface area contributed by atoms with E-state index in [4.69, 9.17) is 0 Å². The Morgan fingerprint density at radius 3 is 2.44 bits per heavy atom. The van der Waals surface area contributed by atoms with Crippen molar-refractivity contribution in [2.45, 2.75) is 32.2 Å². The van der Waals surface area contributed by atoms with Crippen LogP contribution in [0.1, 0.15) is 26.2 Å². The molecule has 1 aliphatic heterocycles. The number of piperidine rings is 1. The van der Waals surface area contributed by atoms with E-state index in [9.17, 15) is 13.2 Å². The minimum absolute atomic E-state index is 0.262. The van der Waals surface area contributed by atoms with Gasteiger partial charge in [0.25, 0.3) is 0 Å². The van der Waals surface area contributed by atoms with Crippen LogP contribution in [0, 0.1) is 5.92 Å². The highest BCUT2D eigenvalue weighted by atomic mass is 32.2. The highest BCUT2D eigenvalue weighted by Crippen LogP contribution is 2.21. The largest absolute Gasteiger partial charge is 0.354 e. The Morgan fingerprint density at radius 1 is 1.28 bits per heavy atom. The van der Waals surface area contributed by atoms with Gasteiger partial charge in [0.2, 0.25) is 15.9 Å². The minimum atomic E-state index is -3.55. The lowest BCUT2D eigenvalue weighted by Crippen LogP contribution is -2.48. The van der Waals surface area contributed by atoms with Gasteiger partial charge in [-0.1, -0.05) is 18.2 Å². The topological polar surface area (TPSA) is 69.7 Å². The lowest BCUT2D eigenvalue weighted by molar-refractivity contribution is -0.121. The second-order valence-corrected chi connectivity index (χ2v) is 8.76. The average Bonchev–Trinajstić information content (AvgIpc) is 2.56. The van der Waals surface area contributed by atoms with Crippen LogP contribution in [0.15, 0.2) is 30.3 Å². The number of carbonyl (C=O) groups is 1. The third kappa shape index (κ3) is 5.71. The lowest BCUT2D eigenvalue weighted by Gasteiger charge is -2.30. The highest BCUT2D eigenvalue weighted by molar-refractivity contribution is 7.92. The van der Waals surface area contributed by atoms with Crippen LogP contribution in [-0.4, -0.2) is 58.2 Å². The number of likely N-dealkylation sites (tertiary alicyclic amines) is 1. The van der Waals surface area contributed by atoms with Crippen molar-refractivity contribution in [3.8, 4) is 0 Å². The second-order valence-electron chi connectivity index (χ2n) is 6.90. The first kappa shape index (κ1) is 19.7. The zero-order valence-corrected chi connectivity index (χ0v) is 16.1. The van der Waals surface area contributed by atoms with Crippen molar-refractivity contribution in [3.05, 3.63) is 30.3 Å². The van der Waals surface area contributed by atoms with Gasteiger partial charge in [-0.3, -0.25) is 9.10 Å². The van der Waals surface area contributed by atoms with Crippen LogP contribution in [0.3, 0.4) is 0 Å². The summed E-state index contributed by atoms with van der Waals surface area (Å²) < 4.78 is 25.5. The molecule has 0 unspecified atom stereocenters. The number of nitrogens with zero attached hydrogens (tertiary/aromatic N) is 2. The van der Waals surface area contributed by atoms with Crippen molar-refractivity contribution in [3.63, 3.8) is 0 Å². The van der Waals surface area contributed by atoms with Crippen molar-refractivity contribution in [1.29, 1.82) is 0 Å². The van der Waals surface area contributed by atoms with Gasteiger partial charge in [0.05, 0.1) is 11.9 Å². The molecule has 1 heterocycles. The number of hydrogen-bond donors (Lipinski definition) is 1. The monoisotopic (exact) mass is 367 g/mol. The van der Waals surface area contributed by atoms with Gasteiger partial charge in [-0.05, 0) is 64.4 Å². The highest BCUT2D eigenvalue weighted by Gasteiger charge is 2.29. The fourth-order valence-electron chi connectivity index (χ4n) is 3.28. The first-order chi connectivity index (χ1) is 11.8. The van der Waals surface area contributed by atoms with Crippen LogP contribution in [-0.2, 0) is 14.8 Å². The Hall–Kier alpha value is -1.60. The van der Waals surface area contributed by atoms with Gasteiger partial charge in [-0.2, -0.15) is 0 Å². The number of hydrogen-bond acceptors (Lipinski definition) is 4. The quantitative estimate of drug-likeness (QED) is 0.796. The first-order valence-electron chi connectivity index (χ1n) is 8.79. The third-order valence-corrected chi connectivity index (χ3v) is 6.03. The van der Waals surface area contributed by atoms with E-state index in [1.165, 1.54) is 4.31 Å². The molecule has 1 atom stereocenters. The van der Waals surface area contributed by atoms with Gasteiger partial charge in [0, 0.05) is 6.54 Å². The number of rotatable bonds is 7. The molecule has 7 heteroatoms. The number of anilines is 1. The maximum Gasteiger partial charge on any atom is 0.243 e. The minimum Gasteiger partial charge on any atom is -0.354 e. The summed E-state index contributed by atoms with van der Waals surface area (Å²) in [4.78, 5) is 14.8. The van der Waals surface area contributed by atoms with Gasteiger partial charge in [-0.15, -0.1) is 0 Å². The van der Waals surface area contributed by atoms with Gasteiger partial charge < -0.3 is 10.2 Å². The molecular formula is C18H29N3O3S. The molecule has 6 nitrogen and oxygen atoms in total. The molecule has 0 aliphatic carbocycles. The van der Waals surface area contributed by atoms with Crippen LogP contribution >= 0.6 is 0 Å². The number of para-hydroxylation sites is 1. The van der Waals surface area contributed by atoms with E-state index in [1.807, 2.05) is 6.07 Å². The summed E-state index contributed by atoms with van der Waals surface area (Å²) in [6.45, 7) is 4.42. The predicted octanol–water partition coefficient (Wildman–Crippen LogP) is 1.69. The van der Waals surface area contributed by atoms with Gasteiger partial charge >= 0.3 is 0 Å². The number of sulfonamides is 1. The summed E-state index contributed by atoms with van der Waals surface area (Å²) in [5, 5.41) is 2.90. The Kier molecular flexibility index (Phi) is 6.84. The summed E-state index contributed by atoms with van der Waals surface area (Å²) in [5.41, 5.74) is 0.503. The molecule has 1 aromatic carbocycles. The van der Waals surface area contributed by atoms with E-state index in [0.717, 1.165) is 38.6 Å². The van der Waals surface area contributed by atoms with E-state index in [-0.39, 0.29) is 5.91 Å². The molecule has 1 aliphatic rings. The van der Waals surface area contributed by atoms with Gasteiger partial charge in [0.1, 0.15) is 6.04 Å². The van der Waals surface area contributed by atoms with Crippen LogP contribution in [0.2, 0.25) is 0 Å². The molecule has 140 valence electrons. The molecule has 1 aromatic rings. The zero-order valence-electron chi connectivity index (χ0n) is 15.3. The molecule has 0 aromatic heterocycles.